The molecule has 1 heterocycles. The first-order valence-electron chi connectivity index (χ1n) is 9.07. The summed E-state index contributed by atoms with van der Waals surface area (Å²) in [6.07, 6.45) is 3.50. The summed E-state index contributed by atoms with van der Waals surface area (Å²) in [5, 5.41) is 10.3. The van der Waals surface area contributed by atoms with Crippen molar-refractivity contribution in [2.24, 2.45) is 0 Å². The Morgan fingerprint density at radius 2 is 2.15 bits per heavy atom. The van der Waals surface area contributed by atoms with Crippen molar-refractivity contribution in [1.82, 2.24) is 4.90 Å². The summed E-state index contributed by atoms with van der Waals surface area (Å²) < 4.78 is 21.8. The third-order valence-electron chi connectivity index (χ3n) is 4.35. The van der Waals surface area contributed by atoms with Crippen molar-refractivity contribution < 1.29 is 24.1 Å². The first-order chi connectivity index (χ1) is 12.7. The minimum absolute atomic E-state index is 0.219. The Kier molecular flexibility index (Phi) is 8.91. The van der Waals surface area contributed by atoms with Crippen molar-refractivity contribution in [3.8, 4) is 11.5 Å². The fourth-order valence-electron chi connectivity index (χ4n) is 3.16. The summed E-state index contributed by atoms with van der Waals surface area (Å²) in [6.45, 7) is 7.17. The SMILES string of the molecule is C=CCOC[C@@H](O)CN(Cc1ccc(OC)c(OC)c1)C[C@@H]1CCCO1. The highest BCUT2D eigenvalue weighted by molar-refractivity contribution is 5.42. The highest BCUT2D eigenvalue weighted by atomic mass is 16.5. The van der Waals surface area contributed by atoms with Crippen molar-refractivity contribution in [3.05, 3.63) is 36.4 Å². The summed E-state index contributed by atoms with van der Waals surface area (Å²) in [5.41, 5.74) is 1.10. The minimum atomic E-state index is -0.559. The number of aliphatic hydroxyl groups is 1. The quantitative estimate of drug-likeness (QED) is 0.453. The largest absolute Gasteiger partial charge is 0.493 e. The standard InChI is InChI=1S/C20H31NO5/c1-4-9-25-15-17(22)13-21(14-18-6-5-10-26-18)12-16-7-8-19(23-2)20(11-16)24-3/h4,7-8,11,17-18,22H,1,5-6,9-10,12-15H2,2-3H3/t17-,18-/m0/s1. The van der Waals surface area contributed by atoms with Gasteiger partial charge in [-0.25, -0.2) is 0 Å². The van der Waals surface area contributed by atoms with Crippen molar-refractivity contribution in [2.75, 3.05) is 47.1 Å². The zero-order chi connectivity index (χ0) is 18.8. The van der Waals surface area contributed by atoms with Gasteiger partial charge in [0.1, 0.15) is 0 Å². The smallest absolute Gasteiger partial charge is 0.161 e. The second-order valence-corrected chi connectivity index (χ2v) is 6.50. The molecule has 1 N–H and O–H groups in total. The summed E-state index contributed by atoms with van der Waals surface area (Å²) in [6, 6.07) is 5.90. The van der Waals surface area contributed by atoms with Gasteiger partial charge in [0.15, 0.2) is 11.5 Å². The maximum absolute atomic E-state index is 10.3. The maximum atomic E-state index is 10.3. The molecule has 6 heteroatoms. The number of ether oxygens (including phenoxy) is 4. The van der Waals surface area contributed by atoms with Gasteiger partial charge in [0.05, 0.1) is 39.6 Å². The predicted molar refractivity (Wildman–Crippen MR) is 101 cm³/mol. The Labute approximate surface area is 156 Å². The zero-order valence-electron chi connectivity index (χ0n) is 15.9. The number of rotatable bonds is 12. The van der Waals surface area contributed by atoms with E-state index in [2.05, 4.69) is 11.5 Å². The number of nitrogens with zero attached hydrogens (tertiary/aromatic N) is 1. The van der Waals surface area contributed by atoms with Crippen LogP contribution in [0.4, 0.5) is 0 Å². The minimum Gasteiger partial charge on any atom is -0.493 e. The van der Waals surface area contributed by atoms with Gasteiger partial charge >= 0.3 is 0 Å². The normalized spacial score (nSPS) is 18.1. The van der Waals surface area contributed by atoms with Crippen LogP contribution in [0.25, 0.3) is 0 Å². The first kappa shape index (κ1) is 20.7. The van der Waals surface area contributed by atoms with E-state index in [0.29, 0.717) is 37.8 Å². The summed E-state index contributed by atoms with van der Waals surface area (Å²) >= 11 is 0. The van der Waals surface area contributed by atoms with Crippen molar-refractivity contribution in [3.63, 3.8) is 0 Å². The fourth-order valence-corrected chi connectivity index (χ4v) is 3.16. The second-order valence-electron chi connectivity index (χ2n) is 6.50. The molecule has 0 unspecified atom stereocenters. The molecular formula is C20H31NO5. The fraction of sp³-hybridized carbons (Fsp3) is 0.600. The van der Waals surface area contributed by atoms with E-state index in [-0.39, 0.29) is 6.10 Å². The molecule has 0 radical (unpaired) electrons. The van der Waals surface area contributed by atoms with E-state index < -0.39 is 6.10 Å². The molecule has 0 aromatic heterocycles. The van der Waals surface area contributed by atoms with Crippen LogP contribution in [0, 0.1) is 0 Å². The number of benzene rings is 1. The Balaban J connectivity index is 2.01. The number of hydrogen-bond acceptors (Lipinski definition) is 6. The van der Waals surface area contributed by atoms with Gasteiger partial charge in [0.25, 0.3) is 0 Å². The summed E-state index contributed by atoms with van der Waals surface area (Å²) in [7, 11) is 3.26. The molecule has 0 spiro atoms. The van der Waals surface area contributed by atoms with Crippen LogP contribution in [0.2, 0.25) is 0 Å². The van der Waals surface area contributed by atoms with Crippen LogP contribution in [0.1, 0.15) is 18.4 Å². The van der Waals surface area contributed by atoms with Gasteiger partial charge in [-0.15, -0.1) is 6.58 Å². The molecular weight excluding hydrogens is 334 g/mol. The van der Waals surface area contributed by atoms with E-state index in [1.54, 1.807) is 20.3 Å². The lowest BCUT2D eigenvalue weighted by Gasteiger charge is -2.27. The van der Waals surface area contributed by atoms with E-state index in [4.69, 9.17) is 18.9 Å². The monoisotopic (exact) mass is 365 g/mol. The van der Waals surface area contributed by atoms with Crippen LogP contribution in [0.5, 0.6) is 11.5 Å². The van der Waals surface area contributed by atoms with Crippen LogP contribution in [0.15, 0.2) is 30.9 Å². The van der Waals surface area contributed by atoms with Gasteiger partial charge in [-0.3, -0.25) is 4.90 Å². The number of aliphatic hydroxyl groups excluding tert-OH is 1. The lowest BCUT2D eigenvalue weighted by Crippen LogP contribution is -2.39. The zero-order valence-corrected chi connectivity index (χ0v) is 15.9. The molecule has 6 nitrogen and oxygen atoms in total. The van der Waals surface area contributed by atoms with Gasteiger partial charge in [-0.2, -0.15) is 0 Å². The van der Waals surface area contributed by atoms with E-state index in [9.17, 15) is 5.11 Å². The molecule has 2 rings (SSSR count). The van der Waals surface area contributed by atoms with Crippen LogP contribution in [-0.4, -0.2) is 69.3 Å². The molecule has 1 aliphatic rings. The molecule has 26 heavy (non-hydrogen) atoms. The predicted octanol–water partition coefficient (Wildman–Crippen LogP) is 2.25. The van der Waals surface area contributed by atoms with Gasteiger partial charge in [-0.1, -0.05) is 12.1 Å². The lowest BCUT2D eigenvalue weighted by molar-refractivity contribution is 0.00855. The maximum Gasteiger partial charge on any atom is 0.161 e. The molecule has 0 saturated carbocycles. The molecule has 1 aliphatic heterocycles. The Bertz CT molecular complexity index is 545. The molecule has 1 aromatic rings. The average Bonchev–Trinajstić information content (AvgIpc) is 3.14. The van der Waals surface area contributed by atoms with Gasteiger partial charge in [-0.05, 0) is 30.5 Å². The van der Waals surface area contributed by atoms with Crippen molar-refractivity contribution in [1.29, 1.82) is 0 Å². The topological polar surface area (TPSA) is 60.4 Å². The molecule has 2 atom stereocenters. The Morgan fingerprint density at radius 3 is 2.81 bits per heavy atom. The van der Waals surface area contributed by atoms with Gasteiger partial charge < -0.3 is 24.1 Å². The number of methoxy groups -OCH3 is 2. The Hall–Kier alpha value is -1.60. The third-order valence-corrected chi connectivity index (χ3v) is 4.35. The van der Waals surface area contributed by atoms with E-state index in [0.717, 1.165) is 31.6 Å². The molecule has 0 aliphatic carbocycles. The summed E-state index contributed by atoms with van der Waals surface area (Å²) in [4.78, 5) is 2.21. The van der Waals surface area contributed by atoms with E-state index in [1.165, 1.54) is 0 Å². The van der Waals surface area contributed by atoms with Gasteiger partial charge in [0, 0.05) is 26.2 Å². The summed E-state index contributed by atoms with van der Waals surface area (Å²) in [5.74, 6) is 1.41. The number of hydrogen-bond donors (Lipinski definition) is 1. The molecule has 146 valence electrons. The lowest BCUT2D eigenvalue weighted by atomic mass is 10.1. The molecule has 1 aromatic carbocycles. The van der Waals surface area contributed by atoms with Crippen molar-refractivity contribution >= 4 is 0 Å². The molecule has 0 amide bonds. The first-order valence-corrected chi connectivity index (χ1v) is 9.07. The molecule has 1 fully saturated rings. The highest BCUT2D eigenvalue weighted by Crippen LogP contribution is 2.28. The van der Waals surface area contributed by atoms with Crippen molar-refractivity contribution in [2.45, 2.75) is 31.6 Å². The van der Waals surface area contributed by atoms with Gasteiger partial charge in [0.2, 0.25) is 0 Å². The van der Waals surface area contributed by atoms with Crippen LogP contribution >= 0.6 is 0 Å². The van der Waals surface area contributed by atoms with E-state index in [1.807, 2.05) is 18.2 Å². The second kappa shape index (κ2) is 11.2. The Morgan fingerprint density at radius 1 is 1.35 bits per heavy atom. The van der Waals surface area contributed by atoms with Crippen LogP contribution in [0.3, 0.4) is 0 Å². The van der Waals surface area contributed by atoms with Crippen LogP contribution in [-0.2, 0) is 16.0 Å². The average molecular weight is 365 g/mol. The van der Waals surface area contributed by atoms with E-state index >= 15 is 0 Å². The van der Waals surface area contributed by atoms with Crippen LogP contribution < -0.4 is 9.47 Å². The molecule has 1 saturated heterocycles. The highest BCUT2D eigenvalue weighted by Gasteiger charge is 2.21. The molecule has 0 bridgehead atoms. The third kappa shape index (κ3) is 6.61.